The maximum Gasteiger partial charge on any atom is 0.295 e. The normalized spacial score (nSPS) is 11.8. The summed E-state index contributed by atoms with van der Waals surface area (Å²) in [7, 11) is -3.81. The molecule has 0 heterocycles. The van der Waals surface area contributed by atoms with Crippen molar-refractivity contribution in [2.75, 3.05) is 18.5 Å². The molecule has 0 aliphatic carbocycles. The highest BCUT2D eigenvalue weighted by Gasteiger charge is 2.25. The molecule has 0 spiro atoms. The van der Waals surface area contributed by atoms with Gasteiger partial charge in [0.05, 0.1) is 16.0 Å². The SMILES string of the molecule is CCN(CC)S(=O)(=O)c1ccc(NN=Cc2ccccc2O)c([N+](=O)[O-])c1. The molecule has 0 fully saturated rings. The Morgan fingerprint density at radius 2 is 1.89 bits per heavy atom. The van der Waals surface area contributed by atoms with Gasteiger partial charge < -0.3 is 5.11 Å². The molecule has 9 nitrogen and oxygen atoms in total. The van der Waals surface area contributed by atoms with Crippen molar-refractivity contribution in [3.8, 4) is 5.75 Å². The van der Waals surface area contributed by atoms with Crippen LogP contribution in [0.25, 0.3) is 0 Å². The van der Waals surface area contributed by atoms with Crippen molar-refractivity contribution in [3.63, 3.8) is 0 Å². The molecule has 0 aliphatic heterocycles. The van der Waals surface area contributed by atoms with Crippen LogP contribution in [0.5, 0.6) is 5.75 Å². The van der Waals surface area contributed by atoms with E-state index in [2.05, 4.69) is 10.5 Å². The Hall–Kier alpha value is -2.98. The number of hydrogen-bond donors (Lipinski definition) is 2. The van der Waals surface area contributed by atoms with Crippen LogP contribution in [0.15, 0.2) is 52.5 Å². The van der Waals surface area contributed by atoms with E-state index in [0.717, 1.165) is 6.07 Å². The Kier molecular flexibility index (Phi) is 6.48. The van der Waals surface area contributed by atoms with E-state index in [1.165, 1.54) is 28.7 Å². The zero-order chi connectivity index (χ0) is 20.0. The van der Waals surface area contributed by atoms with Crippen LogP contribution in [0.4, 0.5) is 11.4 Å². The van der Waals surface area contributed by atoms with E-state index >= 15 is 0 Å². The lowest BCUT2D eigenvalue weighted by Gasteiger charge is -2.18. The van der Waals surface area contributed by atoms with Crippen molar-refractivity contribution >= 4 is 27.6 Å². The number of hydrazone groups is 1. The van der Waals surface area contributed by atoms with Crippen molar-refractivity contribution in [3.05, 3.63) is 58.1 Å². The number of phenols is 1. The van der Waals surface area contributed by atoms with Crippen molar-refractivity contribution in [1.82, 2.24) is 4.31 Å². The van der Waals surface area contributed by atoms with Crippen molar-refractivity contribution in [2.45, 2.75) is 18.7 Å². The van der Waals surface area contributed by atoms with Crippen LogP contribution in [0.2, 0.25) is 0 Å². The molecular formula is C17H20N4O5S. The number of nitro benzene ring substituents is 1. The number of benzene rings is 2. The smallest absolute Gasteiger partial charge is 0.295 e. The predicted molar refractivity (Wildman–Crippen MR) is 103 cm³/mol. The van der Waals surface area contributed by atoms with Crippen LogP contribution in [0.1, 0.15) is 19.4 Å². The summed E-state index contributed by atoms with van der Waals surface area (Å²) in [4.78, 5) is 10.5. The number of hydrogen-bond acceptors (Lipinski definition) is 7. The van der Waals surface area contributed by atoms with Gasteiger partial charge in [-0.25, -0.2) is 8.42 Å². The molecule has 2 rings (SSSR count). The Labute approximate surface area is 157 Å². The van der Waals surface area contributed by atoms with E-state index in [4.69, 9.17) is 0 Å². The summed E-state index contributed by atoms with van der Waals surface area (Å²) in [5.74, 6) is 0.0122. The summed E-state index contributed by atoms with van der Waals surface area (Å²) in [5.41, 5.74) is 2.55. The second-order valence-corrected chi connectivity index (χ2v) is 7.39. The molecule has 0 unspecified atom stereocenters. The molecule has 0 aliphatic rings. The lowest BCUT2D eigenvalue weighted by atomic mass is 10.2. The van der Waals surface area contributed by atoms with E-state index in [-0.39, 0.29) is 29.4 Å². The third-order valence-electron chi connectivity index (χ3n) is 3.83. The van der Waals surface area contributed by atoms with Gasteiger partial charge in [-0.3, -0.25) is 15.5 Å². The van der Waals surface area contributed by atoms with Crippen molar-refractivity contribution < 1.29 is 18.4 Å². The summed E-state index contributed by atoms with van der Waals surface area (Å²) in [5, 5.41) is 24.9. The van der Waals surface area contributed by atoms with E-state index in [9.17, 15) is 23.6 Å². The summed E-state index contributed by atoms with van der Waals surface area (Å²) in [6, 6.07) is 10.0. The lowest BCUT2D eigenvalue weighted by Crippen LogP contribution is -2.30. The summed E-state index contributed by atoms with van der Waals surface area (Å²) < 4.78 is 26.3. The van der Waals surface area contributed by atoms with Crippen LogP contribution < -0.4 is 5.43 Å². The van der Waals surface area contributed by atoms with Crippen LogP contribution in [0.3, 0.4) is 0 Å². The molecule has 0 saturated heterocycles. The maximum absolute atomic E-state index is 12.5. The third kappa shape index (κ3) is 4.60. The minimum atomic E-state index is -3.81. The fraction of sp³-hybridized carbons (Fsp3) is 0.235. The Morgan fingerprint density at radius 1 is 1.22 bits per heavy atom. The molecule has 0 atom stereocenters. The lowest BCUT2D eigenvalue weighted by molar-refractivity contribution is -0.384. The summed E-state index contributed by atoms with van der Waals surface area (Å²) >= 11 is 0. The number of rotatable bonds is 8. The van der Waals surface area contributed by atoms with E-state index < -0.39 is 20.6 Å². The molecule has 0 radical (unpaired) electrons. The summed E-state index contributed by atoms with van der Waals surface area (Å²) in [6.45, 7) is 3.91. The second kappa shape index (κ2) is 8.60. The first kappa shape index (κ1) is 20.3. The molecule has 2 N–H and O–H groups in total. The second-order valence-electron chi connectivity index (χ2n) is 5.45. The fourth-order valence-electron chi connectivity index (χ4n) is 2.40. The largest absolute Gasteiger partial charge is 0.507 e. The van der Waals surface area contributed by atoms with Crippen LogP contribution in [-0.4, -0.2) is 42.1 Å². The van der Waals surface area contributed by atoms with Crippen LogP contribution >= 0.6 is 0 Å². The monoisotopic (exact) mass is 392 g/mol. The van der Waals surface area contributed by atoms with Crippen molar-refractivity contribution in [1.29, 1.82) is 0 Å². The Balaban J connectivity index is 2.34. The number of sulfonamides is 1. The minimum absolute atomic E-state index is 0.0122. The van der Waals surface area contributed by atoms with E-state index in [1.807, 2.05) is 0 Å². The van der Waals surface area contributed by atoms with E-state index in [0.29, 0.717) is 5.56 Å². The molecular weight excluding hydrogens is 372 g/mol. The fourth-order valence-corrected chi connectivity index (χ4v) is 3.88. The Morgan fingerprint density at radius 3 is 2.48 bits per heavy atom. The topological polar surface area (TPSA) is 125 Å². The number of para-hydroxylation sites is 1. The number of nitro groups is 1. The quantitative estimate of drug-likeness (QED) is 0.404. The maximum atomic E-state index is 12.5. The standard InChI is InChI=1S/C17H20N4O5S/c1-3-20(4-2)27(25,26)14-9-10-15(16(11-14)21(23)24)19-18-12-13-7-5-6-8-17(13)22/h5-12,19,22H,3-4H2,1-2H3. The molecule has 10 heteroatoms. The highest BCUT2D eigenvalue weighted by molar-refractivity contribution is 7.89. The van der Waals surface area contributed by atoms with Gasteiger partial charge >= 0.3 is 0 Å². The van der Waals surface area contributed by atoms with Gasteiger partial charge in [0.15, 0.2) is 0 Å². The zero-order valence-corrected chi connectivity index (χ0v) is 15.7. The van der Waals surface area contributed by atoms with Gasteiger partial charge in [0, 0.05) is 24.7 Å². The zero-order valence-electron chi connectivity index (χ0n) is 14.9. The van der Waals surface area contributed by atoms with Gasteiger partial charge in [-0.15, -0.1) is 0 Å². The number of anilines is 1. The molecule has 2 aromatic carbocycles. The number of aromatic hydroxyl groups is 1. The number of nitrogens with one attached hydrogen (secondary N) is 1. The van der Waals surface area contributed by atoms with Crippen LogP contribution in [0, 0.1) is 10.1 Å². The molecule has 27 heavy (non-hydrogen) atoms. The number of phenolic OH excluding ortho intramolecular Hbond substituents is 1. The molecule has 0 aromatic heterocycles. The van der Waals surface area contributed by atoms with Crippen molar-refractivity contribution in [2.24, 2.45) is 5.10 Å². The highest BCUT2D eigenvalue weighted by Crippen LogP contribution is 2.29. The highest BCUT2D eigenvalue weighted by atomic mass is 32.2. The molecule has 2 aromatic rings. The first-order valence-corrected chi connectivity index (χ1v) is 9.60. The van der Waals surface area contributed by atoms with Gasteiger partial charge in [0.1, 0.15) is 11.4 Å². The average Bonchev–Trinajstić information content (AvgIpc) is 2.64. The van der Waals surface area contributed by atoms with Gasteiger partial charge in [0.2, 0.25) is 10.0 Å². The molecule has 144 valence electrons. The third-order valence-corrected chi connectivity index (χ3v) is 5.88. The predicted octanol–water partition coefficient (Wildman–Crippen LogP) is 2.78. The molecule has 0 saturated carbocycles. The molecule has 0 bridgehead atoms. The van der Waals surface area contributed by atoms with Gasteiger partial charge in [-0.05, 0) is 24.3 Å². The van der Waals surface area contributed by atoms with E-state index in [1.54, 1.807) is 32.0 Å². The minimum Gasteiger partial charge on any atom is -0.507 e. The average molecular weight is 392 g/mol. The number of nitrogens with zero attached hydrogens (tertiary/aromatic N) is 3. The Bertz CT molecular complexity index is 956. The van der Waals surface area contributed by atoms with Crippen LogP contribution in [-0.2, 0) is 10.0 Å². The first-order chi connectivity index (χ1) is 12.8. The first-order valence-electron chi connectivity index (χ1n) is 8.16. The summed E-state index contributed by atoms with van der Waals surface area (Å²) in [6.07, 6.45) is 1.31. The van der Waals surface area contributed by atoms with Gasteiger partial charge in [0.25, 0.3) is 5.69 Å². The van der Waals surface area contributed by atoms with Gasteiger partial charge in [-0.1, -0.05) is 26.0 Å². The van der Waals surface area contributed by atoms with Gasteiger partial charge in [-0.2, -0.15) is 9.41 Å². The molecule has 0 amide bonds.